The van der Waals surface area contributed by atoms with Crippen LogP contribution in [-0.4, -0.2) is 25.2 Å². The number of rotatable bonds is 5. The predicted molar refractivity (Wildman–Crippen MR) is 104 cm³/mol. The van der Waals surface area contributed by atoms with Crippen LogP contribution in [0.5, 0.6) is 0 Å². The van der Waals surface area contributed by atoms with Crippen molar-refractivity contribution in [3.8, 4) is 0 Å². The van der Waals surface area contributed by atoms with E-state index >= 15 is 0 Å². The monoisotopic (exact) mass is 404 g/mol. The maximum atomic E-state index is 6.61. The van der Waals surface area contributed by atoms with Gasteiger partial charge in [-0.25, -0.2) is 0 Å². The Labute approximate surface area is 141 Å². The fourth-order valence-corrected chi connectivity index (χ4v) is 14.5. The lowest BCUT2D eigenvalue weighted by Crippen LogP contribution is -2.60. The number of halogens is 1. The lowest BCUT2D eigenvalue weighted by atomic mass is 10.2. The molecule has 0 aliphatic rings. The summed E-state index contributed by atoms with van der Waals surface area (Å²) in [5, 5.41) is 1.26. The second kappa shape index (κ2) is 6.41. The van der Waals surface area contributed by atoms with Gasteiger partial charge in [0, 0.05) is 4.47 Å². The molecule has 1 aromatic rings. The number of benzene rings is 1. The molecule has 0 saturated heterocycles. The zero-order valence-electron chi connectivity index (χ0n) is 14.8. The normalized spacial score (nSPS) is 13.6. The van der Waals surface area contributed by atoms with Crippen LogP contribution in [0.25, 0.3) is 0 Å². The molecular formula is C15H29BrO2Si3. The summed E-state index contributed by atoms with van der Waals surface area (Å²) in [5.41, 5.74) is 2.50. The third kappa shape index (κ3) is 5.76. The van der Waals surface area contributed by atoms with Crippen molar-refractivity contribution in [2.75, 3.05) is 0 Å². The van der Waals surface area contributed by atoms with Gasteiger partial charge in [-0.3, -0.25) is 0 Å². The maximum absolute atomic E-state index is 6.61. The summed E-state index contributed by atoms with van der Waals surface area (Å²) in [4.78, 5) is 0. The second-order valence-electron chi connectivity index (χ2n) is 7.80. The summed E-state index contributed by atoms with van der Waals surface area (Å²) in [5.74, 6) is 0. The largest absolute Gasteiger partial charge is 0.433 e. The van der Waals surface area contributed by atoms with Gasteiger partial charge in [-0.1, -0.05) is 28.1 Å². The quantitative estimate of drug-likeness (QED) is 0.639. The standard InChI is InChI=1S/C15H29BrO2Si3/c1-12-10-14(11-13(2)15(12)16)21(9,17-19(3,4)5)18-20(6,7)8/h10-11H,1-9H3. The van der Waals surface area contributed by atoms with Crippen LogP contribution in [0.4, 0.5) is 0 Å². The molecule has 21 heavy (non-hydrogen) atoms. The van der Waals surface area contributed by atoms with Gasteiger partial charge in [-0.05, 0) is 76.0 Å². The van der Waals surface area contributed by atoms with Gasteiger partial charge >= 0.3 is 8.56 Å². The predicted octanol–water partition coefficient (Wildman–Crippen LogP) is 5.05. The van der Waals surface area contributed by atoms with Crippen LogP contribution < -0.4 is 5.19 Å². The molecule has 0 heterocycles. The average molecular weight is 406 g/mol. The Morgan fingerprint density at radius 2 is 1.10 bits per heavy atom. The van der Waals surface area contributed by atoms with E-state index in [0.29, 0.717) is 0 Å². The number of hydrogen-bond acceptors (Lipinski definition) is 2. The molecule has 0 fully saturated rings. The Morgan fingerprint density at radius 1 is 0.762 bits per heavy atom. The highest BCUT2D eigenvalue weighted by Crippen LogP contribution is 2.25. The molecule has 2 nitrogen and oxygen atoms in total. The Hall–Kier alpha value is 0.271. The van der Waals surface area contributed by atoms with Gasteiger partial charge in [0.1, 0.15) is 0 Å². The molecule has 0 amide bonds. The first-order chi connectivity index (χ1) is 9.23. The van der Waals surface area contributed by atoms with E-state index in [9.17, 15) is 0 Å². The molecule has 1 rings (SSSR count). The Balaban J connectivity index is 3.36. The first-order valence-corrected chi connectivity index (χ1v) is 17.3. The molecule has 0 spiro atoms. The van der Waals surface area contributed by atoms with Crippen molar-refractivity contribution in [2.45, 2.75) is 59.7 Å². The van der Waals surface area contributed by atoms with Crippen LogP contribution in [-0.2, 0) is 8.23 Å². The smallest absolute Gasteiger partial charge is 0.348 e. The molecule has 0 aliphatic carbocycles. The van der Waals surface area contributed by atoms with Crippen molar-refractivity contribution in [3.05, 3.63) is 27.7 Å². The molecule has 0 saturated carbocycles. The molecule has 1 aromatic carbocycles. The first kappa shape index (κ1) is 19.3. The summed E-state index contributed by atoms with van der Waals surface area (Å²) < 4.78 is 14.4. The van der Waals surface area contributed by atoms with Crippen LogP contribution in [0.15, 0.2) is 16.6 Å². The van der Waals surface area contributed by atoms with E-state index in [2.05, 4.69) is 87.7 Å². The molecule has 0 bridgehead atoms. The third-order valence-electron chi connectivity index (χ3n) is 2.96. The topological polar surface area (TPSA) is 18.5 Å². The molecule has 6 heteroatoms. The molecule has 0 atom stereocenters. The molecule has 0 N–H and O–H groups in total. The summed E-state index contributed by atoms with van der Waals surface area (Å²) in [6.07, 6.45) is 0. The molecule has 120 valence electrons. The van der Waals surface area contributed by atoms with E-state index in [0.717, 1.165) is 0 Å². The molecule has 0 aromatic heterocycles. The summed E-state index contributed by atoms with van der Waals surface area (Å²) in [6, 6.07) is 4.48. The summed E-state index contributed by atoms with van der Waals surface area (Å²) in [6.45, 7) is 19.9. The lowest BCUT2D eigenvalue weighted by molar-refractivity contribution is 0.404. The molecular weight excluding hydrogens is 376 g/mol. The van der Waals surface area contributed by atoms with Crippen molar-refractivity contribution in [3.63, 3.8) is 0 Å². The minimum Gasteiger partial charge on any atom is -0.433 e. The van der Waals surface area contributed by atoms with Crippen LogP contribution in [0, 0.1) is 13.8 Å². The highest BCUT2D eigenvalue weighted by molar-refractivity contribution is 9.10. The summed E-state index contributed by atoms with van der Waals surface area (Å²) >= 11 is 3.65. The third-order valence-corrected chi connectivity index (χ3v) is 13.6. The van der Waals surface area contributed by atoms with Crippen LogP contribution in [0.2, 0.25) is 45.8 Å². The molecule has 0 radical (unpaired) electrons. The van der Waals surface area contributed by atoms with E-state index in [1.807, 2.05) is 0 Å². The van der Waals surface area contributed by atoms with E-state index in [-0.39, 0.29) is 0 Å². The average Bonchev–Trinajstić information content (AvgIpc) is 2.19. The van der Waals surface area contributed by atoms with E-state index in [4.69, 9.17) is 8.23 Å². The van der Waals surface area contributed by atoms with Gasteiger partial charge in [-0.15, -0.1) is 0 Å². The zero-order chi connectivity index (χ0) is 16.6. The minimum absolute atomic E-state index is 1.18. The minimum atomic E-state index is -2.38. The zero-order valence-corrected chi connectivity index (χ0v) is 19.4. The van der Waals surface area contributed by atoms with Gasteiger partial charge in [0.25, 0.3) is 0 Å². The Bertz CT molecular complexity index is 480. The number of aryl methyl sites for hydroxylation is 2. The highest BCUT2D eigenvalue weighted by Gasteiger charge is 2.42. The van der Waals surface area contributed by atoms with Gasteiger partial charge in [0.15, 0.2) is 16.6 Å². The van der Waals surface area contributed by atoms with Gasteiger partial charge in [-0.2, -0.15) is 0 Å². The van der Waals surface area contributed by atoms with Crippen LogP contribution in [0.3, 0.4) is 0 Å². The first-order valence-electron chi connectivity index (χ1n) is 7.41. The van der Waals surface area contributed by atoms with Crippen molar-refractivity contribution in [2.24, 2.45) is 0 Å². The van der Waals surface area contributed by atoms with Crippen LogP contribution >= 0.6 is 15.9 Å². The summed E-state index contributed by atoms with van der Waals surface area (Å²) in [7, 11) is -5.73. The van der Waals surface area contributed by atoms with Crippen molar-refractivity contribution < 1.29 is 8.23 Å². The maximum Gasteiger partial charge on any atom is 0.348 e. The second-order valence-corrected chi connectivity index (χ2v) is 21.1. The van der Waals surface area contributed by atoms with E-state index in [1.165, 1.54) is 20.8 Å². The van der Waals surface area contributed by atoms with E-state index in [1.54, 1.807) is 0 Å². The Morgan fingerprint density at radius 3 is 1.38 bits per heavy atom. The van der Waals surface area contributed by atoms with Gasteiger partial charge < -0.3 is 8.23 Å². The van der Waals surface area contributed by atoms with Crippen molar-refractivity contribution >= 4 is 46.3 Å². The van der Waals surface area contributed by atoms with Crippen molar-refractivity contribution in [1.82, 2.24) is 0 Å². The SMILES string of the molecule is Cc1cc([Si](C)(O[Si](C)(C)C)O[Si](C)(C)C)cc(C)c1Br. The molecule has 0 unspecified atom stereocenters. The fourth-order valence-electron chi connectivity index (χ4n) is 2.52. The van der Waals surface area contributed by atoms with Gasteiger partial charge in [0.05, 0.1) is 0 Å². The van der Waals surface area contributed by atoms with Crippen molar-refractivity contribution in [1.29, 1.82) is 0 Å². The van der Waals surface area contributed by atoms with E-state index < -0.39 is 25.2 Å². The molecule has 0 aliphatic heterocycles. The fraction of sp³-hybridized carbons (Fsp3) is 0.600. The number of hydrogen-bond donors (Lipinski definition) is 0. The Kier molecular flexibility index (Phi) is 5.90. The highest BCUT2D eigenvalue weighted by atomic mass is 79.9. The van der Waals surface area contributed by atoms with Gasteiger partial charge in [0.2, 0.25) is 0 Å². The van der Waals surface area contributed by atoms with Crippen LogP contribution in [0.1, 0.15) is 11.1 Å². The lowest BCUT2D eigenvalue weighted by Gasteiger charge is -2.39.